The van der Waals surface area contributed by atoms with Gasteiger partial charge in [-0.15, -0.1) is 0 Å². The summed E-state index contributed by atoms with van der Waals surface area (Å²) < 4.78 is 33.1. The first-order valence-corrected chi connectivity index (χ1v) is 33.9. The fourth-order valence-electron chi connectivity index (χ4n) is 9.31. The normalized spacial score (nSPS) is 13.5. The van der Waals surface area contributed by atoms with Crippen molar-refractivity contribution in [2.24, 2.45) is 5.73 Å². The van der Waals surface area contributed by atoms with Gasteiger partial charge in [0.05, 0.1) is 13.2 Å². The molecule has 0 aromatic carbocycles. The molecule has 0 fully saturated rings. The largest absolute Gasteiger partial charge is 0.472 e. The molecule has 0 aromatic rings. The lowest BCUT2D eigenvalue weighted by Crippen LogP contribution is -2.29. The molecule has 0 bridgehead atoms. The van der Waals surface area contributed by atoms with Crippen LogP contribution in [0.3, 0.4) is 0 Å². The monoisotopic (exact) mass is 1100 g/mol. The summed E-state index contributed by atoms with van der Waals surface area (Å²) in [6, 6.07) is 0. The van der Waals surface area contributed by atoms with Crippen molar-refractivity contribution in [1.82, 2.24) is 0 Å². The van der Waals surface area contributed by atoms with Crippen LogP contribution in [-0.4, -0.2) is 49.3 Å². The fourth-order valence-corrected chi connectivity index (χ4v) is 10.1. The Labute approximate surface area is 475 Å². The third-order valence-corrected chi connectivity index (χ3v) is 15.1. The van der Waals surface area contributed by atoms with Crippen LogP contribution in [0.4, 0.5) is 0 Å². The first kappa shape index (κ1) is 74.5. The van der Waals surface area contributed by atoms with Gasteiger partial charge in [0, 0.05) is 19.4 Å². The summed E-state index contributed by atoms with van der Waals surface area (Å²) in [6.07, 6.45) is 81.2. The molecule has 0 heterocycles. The van der Waals surface area contributed by atoms with E-state index in [4.69, 9.17) is 24.3 Å². The van der Waals surface area contributed by atoms with Gasteiger partial charge in [-0.3, -0.25) is 18.6 Å². The van der Waals surface area contributed by atoms with Crippen molar-refractivity contribution in [3.63, 3.8) is 0 Å². The van der Waals surface area contributed by atoms with Gasteiger partial charge in [0.25, 0.3) is 0 Å². The lowest BCUT2D eigenvalue weighted by Gasteiger charge is -2.19. The minimum atomic E-state index is -4.39. The van der Waals surface area contributed by atoms with Gasteiger partial charge < -0.3 is 20.1 Å². The standard InChI is InChI=1S/C67H122NO8P/c1-3-5-7-9-11-13-15-17-19-21-23-25-27-28-29-30-31-32-33-34-35-36-38-40-42-44-46-48-50-52-54-56-58-60-67(70)76-65(64-75-77(71,72)74-62-61-68)63-73-66(69)59-57-55-53-51-49-47-45-43-41-39-37-26-24-22-20-18-16-14-12-10-8-6-4-2/h5,7,11,13,16-19,22-25,65H,3-4,6,8-10,12,14-15,20-21,26-64,68H2,1-2H3,(H,71,72)/b7-5-,13-11-,18-16-,19-17-,24-22-,25-23-. The molecule has 0 radical (unpaired) electrons. The van der Waals surface area contributed by atoms with Crippen LogP contribution < -0.4 is 5.73 Å². The molecule has 0 amide bonds. The lowest BCUT2D eigenvalue weighted by molar-refractivity contribution is -0.161. The van der Waals surface area contributed by atoms with Gasteiger partial charge in [-0.1, -0.05) is 286 Å². The van der Waals surface area contributed by atoms with Crippen LogP contribution in [-0.2, 0) is 32.7 Å². The molecule has 2 unspecified atom stereocenters. The van der Waals surface area contributed by atoms with Crippen LogP contribution in [0.1, 0.15) is 309 Å². The number of hydrogen-bond donors (Lipinski definition) is 2. The number of rotatable bonds is 61. The molecular weight excluding hydrogens is 978 g/mol. The third kappa shape index (κ3) is 62.5. The number of phosphoric acid groups is 1. The van der Waals surface area contributed by atoms with E-state index in [0.29, 0.717) is 6.42 Å². The molecule has 9 nitrogen and oxygen atoms in total. The number of hydrogen-bond acceptors (Lipinski definition) is 8. The molecule has 77 heavy (non-hydrogen) atoms. The number of carbonyl (C=O) groups excluding carboxylic acids is 2. The van der Waals surface area contributed by atoms with Gasteiger partial charge in [0.2, 0.25) is 0 Å². The Balaban J connectivity index is 3.87. The van der Waals surface area contributed by atoms with Gasteiger partial charge >= 0.3 is 19.8 Å². The number of ether oxygens (including phenoxy) is 2. The SMILES string of the molecule is CC/C=C\C/C=C\C/C=C\C/C=C\CCCCCCCCCCCCCCCCCCCCCCC(=O)OC(COC(=O)CCCCCCCCCCCCC/C=C\C/C=C\CCCCCCC)COP(=O)(O)OCCN. The number of carbonyl (C=O) groups is 2. The molecule has 0 spiro atoms. The molecule has 0 aliphatic carbocycles. The van der Waals surface area contributed by atoms with E-state index < -0.39 is 26.5 Å². The summed E-state index contributed by atoms with van der Waals surface area (Å²) in [6.45, 7) is 3.66. The number of unbranched alkanes of at least 4 members (excludes halogenated alkanes) is 36. The quantitative estimate of drug-likeness (QED) is 0.0264. The lowest BCUT2D eigenvalue weighted by atomic mass is 10.0. The maximum Gasteiger partial charge on any atom is 0.472 e. The first-order chi connectivity index (χ1) is 37.8. The summed E-state index contributed by atoms with van der Waals surface area (Å²) in [5, 5.41) is 0. The van der Waals surface area contributed by atoms with Gasteiger partial charge in [-0.25, -0.2) is 4.57 Å². The van der Waals surface area contributed by atoms with Gasteiger partial charge in [0.1, 0.15) is 6.61 Å². The van der Waals surface area contributed by atoms with E-state index in [-0.39, 0.29) is 38.6 Å². The summed E-state index contributed by atoms with van der Waals surface area (Å²) in [5.74, 6) is -0.818. The van der Waals surface area contributed by atoms with Crippen molar-refractivity contribution in [2.45, 2.75) is 315 Å². The molecule has 448 valence electrons. The minimum absolute atomic E-state index is 0.0528. The van der Waals surface area contributed by atoms with Crippen molar-refractivity contribution in [3.05, 3.63) is 72.9 Å². The van der Waals surface area contributed by atoms with Crippen molar-refractivity contribution in [2.75, 3.05) is 26.4 Å². The summed E-state index contributed by atoms with van der Waals surface area (Å²) in [5.41, 5.74) is 5.39. The van der Waals surface area contributed by atoms with Crippen LogP contribution >= 0.6 is 7.82 Å². The number of phosphoric ester groups is 1. The van der Waals surface area contributed by atoms with Gasteiger partial charge in [-0.05, 0) is 83.5 Å². The van der Waals surface area contributed by atoms with E-state index in [2.05, 4.69) is 86.8 Å². The highest BCUT2D eigenvalue weighted by molar-refractivity contribution is 7.47. The molecule has 3 N–H and O–H groups in total. The van der Waals surface area contributed by atoms with Crippen LogP contribution in [0.2, 0.25) is 0 Å². The fraction of sp³-hybridized carbons (Fsp3) is 0.791. The predicted molar refractivity (Wildman–Crippen MR) is 330 cm³/mol. The summed E-state index contributed by atoms with van der Waals surface area (Å²) >= 11 is 0. The van der Waals surface area contributed by atoms with E-state index in [1.54, 1.807) is 0 Å². The van der Waals surface area contributed by atoms with E-state index >= 15 is 0 Å². The Kier molecular flexibility index (Phi) is 60.6. The summed E-state index contributed by atoms with van der Waals surface area (Å²) in [7, 11) is -4.39. The highest BCUT2D eigenvalue weighted by Gasteiger charge is 2.26. The van der Waals surface area contributed by atoms with E-state index in [0.717, 1.165) is 64.2 Å². The zero-order chi connectivity index (χ0) is 55.9. The molecule has 0 rings (SSSR count). The average molecular weight is 1100 g/mol. The van der Waals surface area contributed by atoms with Gasteiger partial charge in [0.15, 0.2) is 6.10 Å². The zero-order valence-electron chi connectivity index (χ0n) is 50.2. The van der Waals surface area contributed by atoms with E-state index in [1.165, 1.54) is 212 Å². The van der Waals surface area contributed by atoms with Crippen LogP contribution in [0, 0.1) is 0 Å². The Bertz CT molecular complexity index is 1490. The molecule has 0 aliphatic rings. The molecular formula is C67H122NO8P. The molecule has 10 heteroatoms. The zero-order valence-corrected chi connectivity index (χ0v) is 51.1. The molecule has 0 aliphatic heterocycles. The predicted octanol–water partition coefficient (Wildman–Crippen LogP) is 20.9. The molecule has 0 saturated carbocycles. The number of esters is 2. The van der Waals surface area contributed by atoms with Crippen molar-refractivity contribution >= 4 is 19.8 Å². The minimum Gasteiger partial charge on any atom is -0.462 e. The highest BCUT2D eigenvalue weighted by Crippen LogP contribution is 2.43. The molecule has 0 saturated heterocycles. The van der Waals surface area contributed by atoms with Crippen LogP contribution in [0.5, 0.6) is 0 Å². The van der Waals surface area contributed by atoms with E-state index in [9.17, 15) is 19.0 Å². The van der Waals surface area contributed by atoms with Gasteiger partial charge in [-0.2, -0.15) is 0 Å². The van der Waals surface area contributed by atoms with Crippen LogP contribution in [0.25, 0.3) is 0 Å². The third-order valence-electron chi connectivity index (χ3n) is 14.1. The van der Waals surface area contributed by atoms with Crippen molar-refractivity contribution in [1.29, 1.82) is 0 Å². The Morgan fingerprint density at radius 1 is 0.403 bits per heavy atom. The number of nitrogens with two attached hydrogens (primary N) is 1. The number of allylic oxidation sites excluding steroid dienone is 12. The van der Waals surface area contributed by atoms with Crippen LogP contribution in [0.15, 0.2) is 72.9 Å². The second-order valence-corrected chi connectivity index (χ2v) is 23.1. The Hall–Kier alpha value is -2.55. The average Bonchev–Trinajstić information content (AvgIpc) is 3.42. The Morgan fingerprint density at radius 2 is 0.714 bits per heavy atom. The maximum atomic E-state index is 12.7. The molecule has 0 aromatic heterocycles. The second kappa shape index (κ2) is 62.6. The summed E-state index contributed by atoms with van der Waals surface area (Å²) in [4.78, 5) is 35.3. The van der Waals surface area contributed by atoms with Crippen molar-refractivity contribution < 1.29 is 37.6 Å². The van der Waals surface area contributed by atoms with Crippen molar-refractivity contribution in [3.8, 4) is 0 Å². The van der Waals surface area contributed by atoms with E-state index in [1.807, 2.05) is 0 Å². The Morgan fingerprint density at radius 3 is 1.06 bits per heavy atom. The first-order valence-electron chi connectivity index (χ1n) is 32.4. The molecule has 2 atom stereocenters. The topological polar surface area (TPSA) is 134 Å². The maximum absolute atomic E-state index is 12.7. The highest BCUT2D eigenvalue weighted by atomic mass is 31.2. The second-order valence-electron chi connectivity index (χ2n) is 21.6. The smallest absolute Gasteiger partial charge is 0.462 e.